The first-order valence-corrected chi connectivity index (χ1v) is 8.88. The zero-order chi connectivity index (χ0) is 14.3. The molecule has 0 bridgehead atoms. The molecule has 1 aliphatic carbocycles. The maximum absolute atomic E-state index is 11.7. The second-order valence-electron chi connectivity index (χ2n) is 5.68. The van der Waals surface area contributed by atoms with Crippen molar-refractivity contribution in [3.05, 3.63) is 11.4 Å². The minimum atomic E-state index is -2.91. The summed E-state index contributed by atoms with van der Waals surface area (Å²) < 4.78 is 23.4. The van der Waals surface area contributed by atoms with Crippen LogP contribution in [0.25, 0.3) is 0 Å². The molecule has 2 fully saturated rings. The van der Waals surface area contributed by atoms with E-state index < -0.39 is 9.84 Å². The highest BCUT2D eigenvalue weighted by Crippen LogP contribution is 2.39. The van der Waals surface area contributed by atoms with Gasteiger partial charge >= 0.3 is 0 Å². The normalized spacial score (nSPS) is 22.6. The van der Waals surface area contributed by atoms with Crippen molar-refractivity contribution in [1.82, 2.24) is 9.97 Å². The molecular weight excluding hydrogens is 276 g/mol. The molecule has 0 amide bonds. The molecular formula is C13H20N4O2S. The number of hydrogen-bond acceptors (Lipinski definition) is 6. The molecule has 110 valence electrons. The van der Waals surface area contributed by atoms with Crippen molar-refractivity contribution in [3.8, 4) is 0 Å². The summed E-state index contributed by atoms with van der Waals surface area (Å²) in [5, 5.41) is 0. The second kappa shape index (κ2) is 4.87. The average Bonchev–Trinajstić information content (AvgIpc) is 3.20. The number of nitrogens with zero attached hydrogens (tertiary/aromatic N) is 3. The van der Waals surface area contributed by atoms with E-state index in [0.29, 0.717) is 31.2 Å². The van der Waals surface area contributed by atoms with Gasteiger partial charge in [-0.3, -0.25) is 0 Å². The van der Waals surface area contributed by atoms with Crippen LogP contribution in [0.3, 0.4) is 0 Å². The number of aromatic nitrogens is 2. The van der Waals surface area contributed by atoms with E-state index >= 15 is 0 Å². The van der Waals surface area contributed by atoms with E-state index in [2.05, 4.69) is 9.97 Å². The number of anilines is 2. The van der Waals surface area contributed by atoms with E-state index in [0.717, 1.165) is 30.0 Å². The van der Waals surface area contributed by atoms with Gasteiger partial charge in [0, 0.05) is 24.6 Å². The minimum Gasteiger partial charge on any atom is -0.383 e. The summed E-state index contributed by atoms with van der Waals surface area (Å²) in [6.45, 7) is 3.10. The topological polar surface area (TPSA) is 89.2 Å². The van der Waals surface area contributed by atoms with Crippen molar-refractivity contribution in [3.63, 3.8) is 0 Å². The molecule has 6 nitrogen and oxygen atoms in total. The molecule has 0 spiro atoms. The number of nitrogens with two attached hydrogens (primary N) is 1. The lowest BCUT2D eigenvalue weighted by Gasteiger charge is -2.23. The Morgan fingerprint density at radius 1 is 1.20 bits per heavy atom. The highest BCUT2D eigenvalue weighted by atomic mass is 32.2. The smallest absolute Gasteiger partial charge is 0.152 e. The van der Waals surface area contributed by atoms with E-state index in [4.69, 9.17) is 5.73 Å². The fourth-order valence-electron chi connectivity index (χ4n) is 2.52. The third-order valence-electron chi connectivity index (χ3n) is 3.97. The number of nitrogen functional groups attached to an aromatic ring is 1. The molecule has 2 aliphatic rings. The van der Waals surface area contributed by atoms with Crippen LogP contribution < -0.4 is 10.6 Å². The van der Waals surface area contributed by atoms with Crippen LogP contribution in [-0.4, -0.2) is 43.0 Å². The summed E-state index contributed by atoms with van der Waals surface area (Å²) in [5.74, 6) is 3.04. The molecule has 3 rings (SSSR count). The van der Waals surface area contributed by atoms with Gasteiger partial charge in [0.2, 0.25) is 0 Å². The Kier molecular flexibility index (Phi) is 3.32. The number of rotatable bonds is 2. The highest BCUT2D eigenvalue weighted by molar-refractivity contribution is 7.91. The Balaban J connectivity index is 1.92. The molecule has 2 N–H and O–H groups in total. The summed E-state index contributed by atoms with van der Waals surface area (Å²) in [5.41, 5.74) is 6.85. The third kappa shape index (κ3) is 2.72. The fourth-order valence-corrected chi connectivity index (χ4v) is 3.79. The summed E-state index contributed by atoms with van der Waals surface area (Å²) in [4.78, 5) is 11.1. The summed E-state index contributed by atoms with van der Waals surface area (Å²) in [7, 11) is -2.91. The Morgan fingerprint density at radius 3 is 2.65 bits per heavy atom. The Labute approximate surface area is 119 Å². The molecule has 1 saturated carbocycles. The molecule has 7 heteroatoms. The molecule has 1 aliphatic heterocycles. The lowest BCUT2D eigenvalue weighted by Crippen LogP contribution is -2.29. The second-order valence-corrected chi connectivity index (χ2v) is 7.99. The van der Waals surface area contributed by atoms with Gasteiger partial charge in [-0.15, -0.1) is 0 Å². The molecule has 0 unspecified atom stereocenters. The van der Waals surface area contributed by atoms with Gasteiger partial charge in [-0.25, -0.2) is 18.4 Å². The zero-order valence-electron chi connectivity index (χ0n) is 11.7. The standard InChI is InChI=1S/C13H20N4O2S/c1-9-11(14)15-12(10-3-4-10)16-13(9)17-5-2-7-20(18,19)8-6-17/h10H,2-8H2,1H3,(H2,14,15,16). The maximum atomic E-state index is 11.7. The fraction of sp³-hybridized carbons (Fsp3) is 0.692. The Morgan fingerprint density at radius 2 is 1.95 bits per heavy atom. The highest BCUT2D eigenvalue weighted by Gasteiger charge is 2.29. The first kappa shape index (κ1) is 13.6. The van der Waals surface area contributed by atoms with Gasteiger partial charge in [-0.2, -0.15) is 0 Å². The van der Waals surface area contributed by atoms with Crippen LogP contribution in [-0.2, 0) is 9.84 Å². The third-order valence-corrected chi connectivity index (χ3v) is 5.69. The average molecular weight is 296 g/mol. The molecule has 20 heavy (non-hydrogen) atoms. The zero-order valence-corrected chi connectivity index (χ0v) is 12.5. The van der Waals surface area contributed by atoms with Gasteiger partial charge in [0.15, 0.2) is 9.84 Å². The number of sulfone groups is 1. The van der Waals surface area contributed by atoms with Crippen LogP contribution in [0.4, 0.5) is 11.6 Å². The van der Waals surface area contributed by atoms with Crippen molar-refractivity contribution in [2.75, 3.05) is 35.2 Å². The molecule has 0 atom stereocenters. The van der Waals surface area contributed by atoms with Crippen LogP contribution in [0.2, 0.25) is 0 Å². The number of hydrogen-bond donors (Lipinski definition) is 1. The van der Waals surface area contributed by atoms with Gasteiger partial charge in [-0.1, -0.05) is 0 Å². The van der Waals surface area contributed by atoms with Crippen molar-refractivity contribution >= 4 is 21.5 Å². The summed E-state index contributed by atoms with van der Waals surface area (Å²) in [6, 6.07) is 0. The van der Waals surface area contributed by atoms with Gasteiger partial charge in [0.25, 0.3) is 0 Å². The van der Waals surface area contributed by atoms with Gasteiger partial charge in [-0.05, 0) is 26.2 Å². The predicted molar refractivity (Wildman–Crippen MR) is 78.6 cm³/mol. The van der Waals surface area contributed by atoms with E-state index in [1.165, 1.54) is 0 Å². The van der Waals surface area contributed by atoms with Crippen molar-refractivity contribution in [1.29, 1.82) is 0 Å². The SMILES string of the molecule is Cc1c(N)nc(C2CC2)nc1N1CCCS(=O)(=O)CC1. The van der Waals surface area contributed by atoms with Gasteiger partial charge < -0.3 is 10.6 Å². The van der Waals surface area contributed by atoms with Crippen LogP contribution in [0.5, 0.6) is 0 Å². The molecule has 1 aromatic heterocycles. The van der Waals surface area contributed by atoms with E-state index in [1.54, 1.807) is 0 Å². The monoisotopic (exact) mass is 296 g/mol. The van der Waals surface area contributed by atoms with Gasteiger partial charge in [0.05, 0.1) is 11.5 Å². The van der Waals surface area contributed by atoms with Crippen LogP contribution in [0.15, 0.2) is 0 Å². The summed E-state index contributed by atoms with van der Waals surface area (Å²) >= 11 is 0. The van der Waals surface area contributed by atoms with E-state index in [9.17, 15) is 8.42 Å². The van der Waals surface area contributed by atoms with E-state index in [-0.39, 0.29) is 11.5 Å². The van der Waals surface area contributed by atoms with Crippen molar-refractivity contribution in [2.45, 2.75) is 32.1 Å². The Bertz CT molecular complexity index is 626. The molecule has 2 heterocycles. The maximum Gasteiger partial charge on any atom is 0.152 e. The Hall–Kier alpha value is -1.37. The molecule has 0 aromatic carbocycles. The first-order valence-electron chi connectivity index (χ1n) is 7.06. The van der Waals surface area contributed by atoms with E-state index in [1.807, 2.05) is 11.8 Å². The van der Waals surface area contributed by atoms with Crippen LogP contribution >= 0.6 is 0 Å². The quantitative estimate of drug-likeness (QED) is 0.871. The van der Waals surface area contributed by atoms with Gasteiger partial charge in [0.1, 0.15) is 17.5 Å². The van der Waals surface area contributed by atoms with Crippen LogP contribution in [0, 0.1) is 6.92 Å². The largest absolute Gasteiger partial charge is 0.383 e. The first-order chi connectivity index (χ1) is 9.46. The van der Waals surface area contributed by atoms with Crippen molar-refractivity contribution in [2.24, 2.45) is 0 Å². The molecule has 1 aromatic rings. The van der Waals surface area contributed by atoms with Crippen LogP contribution in [0.1, 0.15) is 36.6 Å². The minimum absolute atomic E-state index is 0.190. The summed E-state index contributed by atoms with van der Waals surface area (Å²) in [6.07, 6.45) is 2.89. The van der Waals surface area contributed by atoms with Crippen molar-refractivity contribution < 1.29 is 8.42 Å². The predicted octanol–water partition coefficient (Wildman–Crippen LogP) is 0.870. The lowest BCUT2D eigenvalue weighted by molar-refractivity contribution is 0.597. The molecule has 0 radical (unpaired) electrons. The molecule has 1 saturated heterocycles. The lowest BCUT2D eigenvalue weighted by atomic mass is 10.2.